The molecule has 1 aliphatic rings. The molecule has 4 heteroatoms. The topological polar surface area (TPSA) is 68.9 Å². The number of nitriles is 1. The number of aliphatic hydroxyl groups is 1. The number of fused-ring (bicyclic) bond motifs is 1. The second-order valence-electron chi connectivity index (χ2n) is 4.93. The van der Waals surface area contributed by atoms with E-state index in [4.69, 9.17) is 0 Å². The van der Waals surface area contributed by atoms with Gasteiger partial charge in [0, 0.05) is 5.39 Å². The van der Waals surface area contributed by atoms with E-state index in [1.54, 1.807) is 6.07 Å². The summed E-state index contributed by atoms with van der Waals surface area (Å²) >= 11 is 0. The Morgan fingerprint density at radius 2 is 2.16 bits per heavy atom. The normalized spacial score (nSPS) is 22.3. The van der Waals surface area contributed by atoms with Gasteiger partial charge in [0.2, 0.25) is 0 Å². The van der Waals surface area contributed by atoms with Gasteiger partial charge in [0.25, 0.3) is 0 Å². The standard InChI is InChI=1S/C15H15N3O/c16-9-10-8-15(18-13-6-3-7-14(13)19)17-12-5-2-1-4-11(10)12/h1-2,4-5,8,13-14,19H,3,6-7H2,(H,17,18)/t13-,14+/m0/s1. The molecule has 0 saturated heterocycles. The van der Waals surface area contributed by atoms with Crippen molar-refractivity contribution in [3.8, 4) is 6.07 Å². The zero-order valence-electron chi connectivity index (χ0n) is 10.5. The molecule has 3 rings (SSSR count). The van der Waals surface area contributed by atoms with Crippen LogP contribution in [0.1, 0.15) is 24.8 Å². The first kappa shape index (κ1) is 11.9. The summed E-state index contributed by atoms with van der Waals surface area (Å²) in [5.41, 5.74) is 1.41. The van der Waals surface area contributed by atoms with E-state index in [1.165, 1.54) is 0 Å². The van der Waals surface area contributed by atoms with Crippen molar-refractivity contribution in [1.82, 2.24) is 4.98 Å². The summed E-state index contributed by atoms with van der Waals surface area (Å²) in [6.45, 7) is 0. The summed E-state index contributed by atoms with van der Waals surface area (Å²) in [6, 6.07) is 11.6. The van der Waals surface area contributed by atoms with Gasteiger partial charge in [0.15, 0.2) is 0 Å². The number of anilines is 1. The molecule has 0 aliphatic heterocycles. The number of hydrogen-bond donors (Lipinski definition) is 2. The average molecular weight is 253 g/mol. The van der Waals surface area contributed by atoms with Crippen molar-refractivity contribution in [2.24, 2.45) is 0 Å². The minimum Gasteiger partial charge on any atom is -0.391 e. The number of rotatable bonds is 2. The third-order valence-electron chi connectivity index (χ3n) is 3.65. The third-order valence-corrected chi connectivity index (χ3v) is 3.65. The lowest BCUT2D eigenvalue weighted by Gasteiger charge is -2.17. The number of aromatic nitrogens is 1. The molecule has 1 aromatic heterocycles. The molecule has 0 bridgehead atoms. The molecular formula is C15H15N3O. The van der Waals surface area contributed by atoms with Crippen LogP contribution in [-0.2, 0) is 0 Å². The van der Waals surface area contributed by atoms with Crippen LogP contribution in [-0.4, -0.2) is 22.2 Å². The summed E-state index contributed by atoms with van der Waals surface area (Å²) in [5.74, 6) is 0.668. The van der Waals surface area contributed by atoms with E-state index in [9.17, 15) is 10.4 Å². The van der Waals surface area contributed by atoms with Gasteiger partial charge in [-0.25, -0.2) is 4.98 Å². The molecule has 96 valence electrons. The monoisotopic (exact) mass is 253 g/mol. The van der Waals surface area contributed by atoms with Crippen LogP contribution in [0.4, 0.5) is 5.82 Å². The Morgan fingerprint density at radius 1 is 1.32 bits per heavy atom. The third kappa shape index (κ3) is 2.25. The first-order valence-corrected chi connectivity index (χ1v) is 6.52. The van der Waals surface area contributed by atoms with Crippen molar-refractivity contribution in [3.05, 3.63) is 35.9 Å². The molecule has 1 aromatic carbocycles. The molecule has 0 unspecified atom stereocenters. The molecule has 2 N–H and O–H groups in total. The van der Waals surface area contributed by atoms with E-state index in [-0.39, 0.29) is 12.1 Å². The fourth-order valence-electron chi connectivity index (χ4n) is 2.64. The van der Waals surface area contributed by atoms with Gasteiger partial charge in [0.1, 0.15) is 5.82 Å². The van der Waals surface area contributed by atoms with Gasteiger partial charge >= 0.3 is 0 Å². The second-order valence-corrected chi connectivity index (χ2v) is 4.93. The first-order valence-electron chi connectivity index (χ1n) is 6.52. The maximum absolute atomic E-state index is 9.83. The highest BCUT2D eigenvalue weighted by molar-refractivity contribution is 5.86. The largest absolute Gasteiger partial charge is 0.391 e. The molecule has 1 heterocycles. The van der Waals surface area contributed by atoms with E-state index in [2.05, 4.69) is 16.4 Å². The number of para-hydroxylation sites is 1. The minimum atomic E-state index is -0.321. The summed E-state index contributed by atoms with van der Waals surface area (Å²) in [4.78, 5) is 4.51. The van der Waals surface area contributed by atoms with Gasteiger partial charge in [-0.05, 0) is 31.4 Å². The van der Waals surface area contributed by atoms with Crippen LogP contribution >= 0.6 is 0 Å². The smallest absolute Gasteiger partial charge is 0.128 e. The lowest BCUT2D eigenvalue weighted by Crippen LogP contribution is -2.28. The molecule has 2 aromatic rings. The van der Waals surface area contributed by atoms with Crippen molar-refractivity contribution in [3.63, 3.8) is 0 Å². The van der Waals surface area contributed by atoms with Crippen LogP contribution in [0, 0.1) is 11.3 Å². The molecule has 1 fully saturated rings. The zero-order valence-corrected chi connectivity index (χ0v) is 10.5. The molecule has 19 heavy (non-hydrogen) atoms. The van der Waals surface area contributed by atoms with Crippen LogP contribution in [0.2, 0.25) is 0 Å². The number of pyridine rings is 1. The molecule has 2 atom stereocenters. The number of nitrogens with one attached hydrogen (secondary N) is 1. The van der Waals surface area contributed by atoms with Crippen molar-refractivity contribution >= 4 is 16.7 Å². The Balaban J connectivity index is 1.98. The summed E-state index contributed by atoms with van der Waals surface area (Å²) in [6.07, 6.45) is 2.48. The number of nitrogens with zero attached hydrogens (tertiary/aromatic N) is 2. The van der Waals surface area contributed by atoms with Crippen LogP contribution in [0.15, 0.2) is 30.3 Å². The van der Waals surface area contributed by atoms with E-state index >= 15 is 0 Å². The lowest BCUT2D eigenvalue weighted by molar-refractivity contribution is 0.171. The summed E-state index contributed by atoms with van der Waals surface area (Å²) < 4.78 is 0. The predicted molar refractivity (Wildman–Crippen MR) is 73.7 cm³/mol. The molecule has 1 saturated carbocycles. The second kappa shape index (κ2) is 4.87. The summed E-state index contributed by atoms with van der Waals surface area (Å²) in [5, 5.41) is 23.2. The van der Waals surface area contributed by atoms with E-state index in [0.29, 0.717) is 11.4 Å². The highest BCUT2D eigenvalue weighted by Gasteiger charge is 2.25. The highest BCUT2D eigenvalue weighted by Crippen LogP contribution is 2.25. The Bertz CT molecular complexity index is 647. The van der Waals surface area contributed by atoms with Gasteiger partial charge < -0.3 is 10.4 Å². The molecule has 0 radical (unpaired) electrons. The van der Waals surface area contributed by atoms with Crippen LogP contribution in [0.3, 0.4) is 0 Å². The number of hydrogen-bond acceptors (Lipinski definition) is 4. The highest BCUT2D eigenvalue weighted by atomic mass is 16.3. The quantitative estimate of drug-likeness (QED) is 0.862. The molecule has 0 amide bonds. The Morgan fingerprint density at radius 3 is 2.89 bits per heavy atom. The van der Waals surface area contributed by atoms with E-state index < -0.39 is 0 Å². The fourth-order valence-corrected chi connectivity index (χ4v) is 2.64. The van der Waals surface area contributed by atoms with Crippen LogP contribution in [0.25, 0.3) is 10.9 Å². The Labute approximate surface area is 111 Å². The van der Waals surface area contributed by atoms with E-state index in [0.717, 1.165) is 30.2 Å². The Kier molecular flexibility index (Phi) is 3.06. The van der Waals surface area contributed by atoms with Gasteiger partial charge in [-0.3, -0.25) is 0 Å². The van der Waals surface area contributed by atoms with Crippen LogP contribution in [0.5, 0.6) is 0 Å². The number of aliphatic hydroxyl groups excluding tert-OH is 1. The molecule has 0 spiro atoms. The summed E-state index contributed by atoms with van der Waals surface area (Å²) in [7, 11) is 0. The maximum Gasteiger partial charge on any atom is 0.128 e. The molecule has 1 aliphatic carbocycles. The number of benzene rings is 1. The van der Waals surface area contributed by atoms with Crippen molar-refractivity contribution in [2.45, 2.75) is 31.4 Å². The van der Waals surface area contributed by atoms with Gasteiger partial charge in [-0.1, -0.05) is 18.2 Å². The van der Waals surface area contributed by atoms with Gasteiger partial charge in [-0.2, -0.15) is 5.26 Å². The van der Waals surface area contributed by atoms with Gasteiger partial charge in [0.05, 0.1) is 29.3 Å². The van der Waals surface area contributed by atoms with E-state index in [1.807, 2.05) is 24.3 Å². The molecule has 4 nitrogen and oxygen atoms in total. The lowest BCUT2D eigenvalue weighted by atomic mass is 10.1. The van der Waals surface area contributed by atoms with Crippen molar-refractivity contribution in [1.29, 1.82) is 5.26 Å². The van der Waals surface area contributed by atoms with Gasteiger partial charge in [-0.15, -0.1) is 0 Å². The van der Waals surface area contributed by atoms with Crippen molar-refractivity contribution in [2.75, 3.05) is 5.32 Å². The maximum atomic E-state index is 9.83. The van der Waals surface area contributed by atoms with Crippen molar-refractivity contribution < 1.29 is 5.11 Å². The minimum absolute atomic E-state index is 0.0419. The molecular weight excluding hydrogens is 238 g/mol. The predicted octanol–water partition coefficient (Wildman–Crippen LogP) is 2.43. The van der Waals surface area contributed by atoms with Crippen LogP contribution < -0.4 is 5.32 Å². The first-order chi connectivity index (χ1) is 9.28. The fraction of sp³-hybridized carbons (Fsp3) is 0.333. The SMILES string of the molecule is N#Cc1cc(N[C@H]2CCC[C@H]2O)nc2ccccc12. The average Bonchev–Trinajstić information content (AvgIpc) is 2.83. The Hall–Kier alpha value is -2.12. The zero-order chi connectivity index (χ0) is 13.2.